The summed E-state index contributed by atoms with van der Waals surface area (Å²) in [5.41, 5.74) is 0.251. The molecule has 0 aliphatic rings. The standard InChI is InChI=1S/C12H6BrClF2N2O/c13-9-4-7(1-2-10(9)16)18-12(19)8-3-6(15)5-17-11(8)14/h1-5H,(H,18,19). The van der Waals surface area contributed by atoms with E-state index in [0.29, 0.717) is 5.69 Å². The van der Waals surface area contributed by atoms with Gasteiger partial charge in [-0.2, -0.15) is 0 Å². The molecule has 0 spiro atoms. The number of amides is 1. The maximum absolute atomic E-state index is 13.0. The molecular weight excluding hydrogens is 341 g/mol. The molecule has 0 atom stereocenters. The van der Waals surface area contributed by atoms with Gasteiger partial charge in [0, 0.05) is 5.69 Å². The summed E-state index contributed by atoms with van der Waals surface area (Å²) in [4.78, 5) is 15.4. The summed E-state index contributed by atoms with van der Waals surface area (Å²) in [6.45, 7) is 0. The van der Waals surface area contributed by atoms with Crippen LogP contribution in [0.5, 0.6) is 0 Å². The first-order chi connectivity index (χ1) is 8.97. The van der Waals surface area contributed by atoms with Crippen LogP contribution in [0.1, 0.15) is 10.4 Å². The number of benzene rings is 1. The van der Waals surface area contributed by atoms with Gasteiger partial charge in [0.05, 0.1) is 16.2 Å². The summed E-state index contributed by atoms with van der Waals surface area (Å²) in [6, 6.07) is 4.92. The highest BCUT2D eigenvalue weighted by atomic mass is 79.9. The first-order valence-corrected chi connectivity index (χ1v) is 6.22. The number of halogens is 4. The minimum Gasteiger partial charge on any atom is -0.322 e. The second-order valence-corrected chi connectivity index (χ2v) is 4.79. The molecule has 1 N–H and O–H groups in total. The molecule has 1 aromatic heterocycles. The molecule has 2 aromatic rings. The molecule has 3 nitrogen and oxygen atoms in total. The topological polar surface area (TPSA) is 42.0 Å². The SMILES string of the molecule is O=C(Nc1ccc(F)c(Br)c1)c1cc(F)cnc1Cl. The number of carbonyl (C=O) groups excluding carboxylic acids is 1. The molecule has 98 valence electrons. The highest BCUT2D eigenvalue weighted by molar-refractivity contribution is 9.10. The smallest absolute Gasteiger partial charge is 0.258 e. The maximum Gasteiger partial charge on any atom is 0.258 e. The molecular formula is C12H6BrClF2N2O. The number of aromatic nitrogens is 1. The van der Waals surface area contributed by atoms with Crippen LogP contribution in [0, 0.1) is 11.6 Å². The van der Waals surface area contributed by atoms with Gasteiger partial charge in [-0.1, -0.05) is 11.6 Å². The highest BCUT2D eigenvalue weighted by Crippen LogP contribution is 2.21. The summed E-state index contributed by atoms with van der Waals surface area (Å²) in [5.74, 6) is -1.76. The normalized spacial score (nSPS) is 10.3. The Labute approximate surface area is 120 Å². The molecule has 2 rings (SSSR count). The molecule has 0 aliphatic carbocycles. The van der Waals surface area contributed by atoms with E-state index >= 15 is 0 Å². The summed E-state index contributed by atoms with van der Waals surface area (Å²) in [5, 5.41) is 2.36. The van der Waals surface area contributed by atoms with Crippen LogP contribution in [-0.4, -0.2) is 10.9 Å². The van der Waals surface area contributed by atoms with Gasteiger partial charge >= 0.3 is 0 Å². The molecule has 1 heterocycles. The van der Waals surface area contributed by atoms with Gasteiger partial charge in [-0.15, -0.1) is 0 Å². The maximum atomic E-state index is 13.0. The zero-order valence-corrected chi connectivity index (χ0v) is 11.6. The van der Waals surface area contributed by atoms with Gasteiger partial charge in [0.25, 0.3) is 5.91 Å². The molecule has 0 bridgehead atoms. The Morgan fingerprint density at radius 2 is 2.05 bits per heavy atom. The summed E-state index contributed by atoms with van der Waals surface area (Å²) >= 11 is 8.70. The summed E-state index contributed by atoms with van der Waals surface area (Å²) < 4.78 is 26.2. The van der Waals surface area contributed by atoms with Crippen LogP contribution in [-0.2, 0) is 0 Å². The fourth-order valence-corrected chi connectivity index (χ4v) is 1.92. The molecule has 19 heavy (non-hydrogen) atoms. The Morgan fingerprint density at radius 1 is 1.32 bits per heavy atom. The fraction of sp³-hybridized carbons (Fsp3) is 0. The molecule has 7 heteroatoms. The Kier molecular flexibility index (Phi) is 4.11. The quantitative estimate of drug-likeness (QED) is 0.834. The van der Waals surface area contributed by atoms with Crippen molar-refractivity contribution in [2.24, 2.45) is 0 Å². The minimum atomic E-state index is -0.671. The fourth-order valence-electron chi connectivity index (χ4n) is 1.35. The molecule has 1 amide bonds. The van der Waals surface area contributed by atoms with Crippen LogP contribution in [0.4, 0.5) is 14.5 Å². The molecule has 0 saturated carbocycles. The third kappa shape index (κ3) is 3.27. The Hall–Kier alpha value is -1.53. The largest absolute Gasteiger partial charge is 0.322 e. The number of pyridine rings is 1. The van der Waals surface area contributed by atoms with E-state index in [9.17, 15) is 13.6 Å². The van der Waals surface area contributed by atoms with Gasteiger partial charge in [0.2, 0.25) is 0 Å². The van der Waals surface area contributed by atoms with E-state index in [0.717, 1.165) is 12.3 Å². The second-order valence-electron chi connectivity index (χ2n) is 3.57. The lowest BCUT2D eigenvalue weighted by Crippen LogP contribution is -2.13. The minimum absolute atomic E-state index is 0.0953. The van der Waals surface area contributed by atoms with Crippen LogP contribution >= 0.6 is 27.5 Å². The van der Waals surface area contributed by atoms with Crippen molar-refractivity contribution < 1.29 is 13.6 Å². The predicted molar refractivity (Wildman–Crippen MR) is 71.3 cm³/mol. The summed E-state index contributed by atoms with van der Waals surface area (Å²) in [7, 11) is 0. The molecule has 1 aromatic carbocycles. The Morgan fingerprint density at radius 3 is 2.74 bits per heavy atom. The first kappa shape index (κ1) is 13.9. The van der Waals surface area contributed by atoms with E-state index in [-0.39, 0.29) is 15.2 Å². The lowest BCUT2D eigenvalue weighted by molar-refractivity contribution is 0.102. The Bertz CT molecular complexity index is 652. The summed E-state index contributed by atoms with van der Waals surface area (Å²) in [6.07, 6.45) is 0.910. The molecule has 0 radical (unpaired) electrons. The van der Waals surface area contributed by atoms with Crippen molar-refractivity contribution >= 4 is 39.1 Å². The van der Waals surface area contributed by atoms with Gasteiger partial charge in [0.1, 0.15) is 16.8 Å². The van der Waals surface area contributed by atoms with Crippen molar-refractivity contribution in [2.45, 2.75) is 0 Å². The van der Waals surface area contributed by atoms with Crippen LogP contribution in [0.25, 0.3) is 0 Å². The lowest BCUT2D eigenvalue weighted by Gasteiger charge is -2.07. The van der Waals surface area contributed by atoms with E-state index in [1.54, 1.807) is 0 Å². The first-order valence-electron chi connectivity index (χ1n) is 5.05. The number of nitrogens with one attached hydrogen (secondary N) is 1. The van der Waals surface area contributed by atoms with Gasteiger partial charge in [-0.05, 0) is 40.2 Å². The zero-order valence-electron chi connectivity index (χ0n) is 9.25. The number of carbonyl (C=O) groups is 1. The van der Waals surface area contributed by atoms with Gasteiger partial charge in [-0.3, -0.25) is 4.79 Å². The monoisotopic (exact) mass is 346 g/mol. The molecule has 0 saturated heterocycles. The van der Waals surface area contributed by atoms with Crippen molar-refractivity contribution in [1.29, 1.82) is 0 Å². The molecule has 0 aliphatic heterocycles. The second kappa shape index (κ2) is 5.63. The van der Waals surface area contributed by atoms with E-state index in [1.807, 2.05) is 0 Å². The van der Waals surface area contributed by atoms with E-state index < -0.39 is 17.5 Å². The van der Waals surface area contributed by atoms with Crippen molar-refractivity contribution in [1.82, 2.24) is 4.98 Å². The van der Waals surface area contributed by atoms with Gasteiger partial charge in [0.15, 0.2) is 0 Å². The van der Waals surface area contributed by atoms with Crippen molar-refractivity contribution in [3.63, 3.8) is 0 Å². The van der Waals surface area contributed by atoms with Crippen molar-refractivity contribution in [3.05, 3.63) is 57.3 Å². The predicted octanol–water partition coefficient (Wildman–Crippen LogP) is 4.03. The molecule has 0 unspecified atom stereocenters. The van der Waals surface area contributed by atoms with Crippen molar-refractivity contribution in [2.75, 3.05) is 5.32 Å². The Balaban J connectivity index is 2.25. The van der Waals surface area contributed by atoms with E-state index in [4.69, 9.17) is 11.6 Å². The number of anilines is 1. The van der Waals surface area contributed by atoms with Crippen LogP contribution in [0.15, 0.2) is 34.9 Å². The van der Waals surface area contributed by atoms with Crippen molar-refractivity contribution in [3.8, 4) is 0 Å². The van der Waals surface area contributed by atoms with E-state index in [1.165, 1.54) is 18.2 Å². The van der Waals surface area contributed by atoms with Gasteiger partial charge < -0.3 is 5.32 Å². The highest BCUT2D eigenvalue weighted by Gasteiger charge is 2.13. The van der Waals surface area contributed by atoms with Gasteiger partial charge in [-0.25, -0.2) is 13.8 Å². The lowest BCUT2D eigenvalue weighted by atomic mass is 10.2. The van der Waals surface area contributed by atoms with Crippen LogP contribution in [0.2, 0.25) is 5.15 Å². The number of rotatable bonds is 2. The van der Waals surface area contributed by atoms with E-state index in [2.05, 4.69) is 26.2 Å². The number of hydrogen-bond donors (Lipinski definition) is 1. The average Bonchev–Trinajstić information content (AvgIpc) is 2.36. The van der Waals surface area contributed by atoms with Crippen LogP contribution < -0.4 is 5.32 Å². The third-order valence-corrected chi connectivity index (χ3v) is 3.14. The average molecular weight is 348 g/mol. The number of nitrogens with zero attached hydrogens (tertiary/aromatic N) is 1. The zero-order chi connectivity index (χ0) is 14.0. The number of hydrogen-bond acceptors (Lipinski definition) is 2. The molecule has 0 fully saturated rings. The van der Waals surface area contributed by atoms with Crippen LogP contribution in [0.3, 0.4) is 0 Å². The third-order valence-electron chi connectivity index (χ3n) is 2.23.